The normalized spacial score (nSPS) is 16.5. The molecule has 0 radical (unpaired) electrons. The van der Waals surface area contributed by atoms with E-state index < -0.39 is 33.1 Å². The number of amides is 1. The van der Waals surface area contributed by atoms with Crippen molar-refractivity contribution in [3.05, 3.63) is 59.2 Å². The SMILES string of the molecule is Cc1ccc(NC(=O)C2(c3cccc(C(F)(F)F)c3)CCOCC2)cc1NS(C)(=O)=O. The van der Waals surface area contributed by atoms with E-state index in [1.807, 2.05) is 0 Å². The predicted molar refractivity (Wildman–Crippen MR) is 111 cm³/mol. The van der Waals surface area contributed by atoms with Crippen molar-refractivity contribution in [2.24, 2.45) is 0 Å². The van der Waals surface area contributed by atoms with Gasteiger partial charge in [-0.3, -0.25) is 9.52 Å². The molecule has 3 rings (SSSR count). The van der Waals surface area contributed by atoms with Crippen LogP contribution in [0, 0.1) is 6.92 Å². The van der Waals surface area contributed by atoms with E-state index in [4.69, 9.17) is 4.74 Å². The lowest BCUT2D eigenvalue weighted by molar-refractivity contribution is -0.138. The van der Waals surface area contributed by atoms with Crippen molar-refractivity contribution in [3.63, 3.8) is 0 Å². The Morgan fingerprint density at radius 3 is 2.39 bits per heavy atom. The average Bonchev–Trinajstić information content (AvgIpc) is 2.69. The Balaban J connectivity index is 1.96. The summed E-state index contributed by atoms with van der Waals surface area (Å²) in [6.07, 6.45) is -3.06. The summed E-state index contributed by atoms with van der Waals surface area (Å²) in [5, 5.41) is 2.75. The molecule has 1 aliphatic heterocycles. The Labute approximate surface area is 178 Å². The molecule has 0 aromatic heterocycles. The number of sulfonamides is 1. The maximum absolute atomic E-state index is 13.3. The van der Waals surface area contributed by atoms with Crippen molar-refractivity contribution < 1.29 is 31.1 Å². The van der Waals surface area contributed by atoms with Crippen LogP contribution in [0.4, 0.5) is 24.5 Å². The monoisotopic (exact) mass is 456 g/mol. The van der Waals surface area contributed by atoms with Gasteiger partial charge in [0, 0.05) is 18.9 Å². The van der Waals surface area contributed by atoms with E-state index in [2.05, 4.69) is 10.0 Å². The van der Waals surface area contributed by atoms with E-state index in [0.29, 0.717) is 16.9 Å². The van der Waals surface area contributed by atoms with Crippen molar-refractivity contribution in [2.45, 2.75) is 31.4 Å². The summed E-state index contributed by atoms with van der Waals surface area (Å²) in [7, 11) is -3.52. The summed E-state index contributed by atoms with van der Waals surface area (Å²) < 4.78 is 70.6. The molecular formula is C21H23F3N2O4S. The van der Waals surface area contributed by atoms with Crippen LogP contribution in [0.25, 0.3) is 0 Å². The van der Waals surface area contributed by atoms with Crippen LogP contribution in [0.1, 0.15) is 29.5 Å². The fraction of sp³-hybridized carbons (Fsp3) is 0.381. The van der Waals surface area contributed by atoms with Crippen molar-refractivity contribution in [1.29, 1.82) is 0 Å². The number of hydrogen-bond donors (Lipinski definition) is 2. The summed E-state index contributed by atoms with van der Waals surface area (Å²) >= 11 is 0. The minimum atomic E-state index is -4.53. The fourth-order valence-corrected chi connectivity index (χ4v) is 4.24. The van der Waals surface area contributed by atoms with Gasteiger partial charge >= 0.3 is 6.18 Å². The van der Waals surface area contributed by atoms with Crippen LogP contribution in [0.5, 0.6) is 0 Å². The molecule has 0 bridgehead atoms. The molecule has 1 amide bonds. The Hall–Kier alpha value is -2.59. The first-order valence-electron chi connectivity index (χ1n) is 9.56. The van der Waals surface area contributed by atoms with Gasteiger partial charge in [-0.1, -0.05) is 24.3 Å². The number of aryl methyl sites for hydroxylation is 1. The zero-order chi connectivity index (χ0) is 22.9. The highest BCUT2D eigenvalue weighted by molar-refractivity contribution is 7.92. The lowest BCUT2D eigenvalue weighted by atomic mass is 9.73. The molecule has 1 saturated heterocycles. The van der Waals surface area contributed by atoms with Gasteiger partial charge in [0.15, 0.2) is 0 Å². The molecule has 1 heterocycles. The van der Waals surface area contributed by atoms with Gasteiger partial charge in [0.1, 0.15) is 0 Å². The first-order chi connectivity index (χ1) is 14.4. The third-order valence-electron chi connectivity index (χ3n) is 5.31. The second-order valence-corrected chi connectivity index (χ2v) is 9.38. The summed E-state index contributed by atoms with van der Waals surface area (Å²) in [6.45, 7) is 2.18. The molecule has 0 aliphatic carbocycles. The van der Waals surface area contributed by atoms with Crippen molar-refractivity contribution in [2.75, 3.05) is 29.5 Å². The molecule has 0 atom stereocenters. The van der Waals surface area contributed by atoms with Gasteiger partial charge in [0.2, 0.25) is 15.9 Å². The summed E-state index contributed by atoms with van der Waals surface area (Å²) in [5.41, 5.74) is -0.458. The number of benzene rings is 2. The number of anilines is 2. The lowest BCUT2D eigenvalue weighted by Gasteiger charge is -2.36. The molecule has 168 valence electrons. The Kier molecular flexibility index (Phi) is 6.33. The lowest BCUT2D eigenvalue weighted by Crippen LogP contribution is -2.45. The van der Waals surface area contributed by atoms with Crippen molar-refractivity contribution in [1.82, 2.24) is 0 Å². The van der Waals surface area contributed by atoms with E-state index in [0.717, 1.165) is 18.4 Å². The van der Waals surface area contributed by atoms with Crippen LogP contribution in [-0.2, 0) is 31.1 Å². The van der Waals surface area contributed by atoms with E-state index >= 15 is 0 Å². The predicted octanol–water partition coefficient (Wildman–Crippen LogP) is 4.07. The van der Waals surface area contributed by atoms with E-state index in [1.54, 1.807) is 19.1 Å². The van der Waals surface area contributed by atoms with Gasteiger partial charge in [-0.2, -0.15) is 13.2 Å². The smallest absolute Gasteiger partial charge is 0.381 e. The number of rotatable bonds is 5. The van der Waals surface area contributed by atoms with E-state index in [1.165, 1.54) is 18.2 Å². The largest absolute Gasteiger partial charge is 0.416 e. The van der Waals surface area contributed by atoms with Crippen LogP contribution in [0.15, 0.2) is 42.5 Å². The van der Waals surface area contributed by atoms with Crippen LogP contribution < -0.4 is 10.0 Å². The molecule has 2 N–H and O–H groups in total. The van der Waals surface area contributed by atoms with Gasteiger partial charge in [-0.05, 0) is 49.1 Å². The molecule has 0 spiro atoms. The molecule has 0 unspecified atom stereocenters. The third kappa shape index (κ3) is 5.37. The number of halogens is 3. The number of nitrogens with one attached hydrogen (secondary N) is 2. The number of carbonyl (C=O) groups excluding carboxylic acids is 1. The van der Waals surface area contributed by atoms with E-state index in [9.17, 15) is 26.4 Å². The number of hydrogen-bond acceptors (Lipinski definition) is 4. The van der Waals surface area contributed by atoms with E-state index in [-0.39, 0.29) is 31.6 Å². The number of carbonyl (C=O) groups is 1. The zero-order valence-corrected chi connectivity index (χ0v) is 17.9. The molecule has 2 aromatic rings. The van der Waals surface area contributed by atoms with Gasteiger partial charge in [-0.15, -0.1) is 0 Å². The first kappa shape index (κ1) is 23.1. The molecule has 1 fully saturated rings. The molecule has 2 aromatic carbocycles. The zero-order valence-electron chi connectivity index (χ0n) is 17.0. The molecule has 10 heteroatoms. The van der Waals surface area contributed by atoms with Gasteiger partial charge < -0.3 is 10.1 Å². The molecule has 0 saturated carbocycles. The van der Waals surface area contributed by atoms with Crippen LogP contribution in [0.2, 0.25) is 0 Å². The highest BCUT2D eigenvalue weighted by Gasteiger charge is 2.43. The molecule has 6 nitrogen and oxygen atoms in total. The summed E-state index contributed by atoms with van der Waals surface area (Å²) in [6, 6.07) is 9.53. The standard InChI is InChI=1S/C21H23F3N2O4S/c1-14-6-7-17(13-18(14)26-31(2,28)29)25-19(27)20(8-10-30-11-9-20)15-4-3-5-16(12-15)21(22,23)24/h3-7,12-13,26H,8-11H2,1-2H3,(H,25,27). The van der Waals surface area contributed by atoms with Crippen molar-refractivity contribution >= 4 is 27.3 Å². The second kappa shape index (κ2) is 8.51. The van der Waals surface area contributed by atoms with Crippen LogP contribution in [0.3, 0.4) is 0 Å². The Bertz CT molecular complexity index is 1080. The van der Waals surface area contributed by atoms with Gasteiger partial charge in [0.05, 0.1) is 22.9 Å². The minimum Gasteiger partial charge on any atom is -0.381 e. The topological polar surface area (TPSA) is 84.5 Å². The quantitative estimate of drug-likeness (QED) is 0.710. The average molecular weight is 456 g/mol. The van der Waals surface area contributed by atoms with Crippen LogP contribution >= 0.6 is 0 Å². The maximum Gasteiger partial charge on any atom is 0.416 e. The number of alkyl halides is 3. The summed E-state index contributed by atoms with van der Waals surface area (Å²) in [4.78, 5) is 13.3. The molecule has 1 aliphatic rings. The highest BCUT2D eigenvalue weighted by Crippen LogP contribution is 2.39. The van der Waals surface area contributed by atoms with Gasteiger partial charge in [-0.25, -0.2) is 8.42 Å². The second-order valence-electron chi connectivity index (χ2n) is 7.63. The highest BCUT2D eigenvalue weighted by atomic mass is 32.2. The Morgan fingerprint density at radius 2 is 1.77 bits per heavy atom. The molecular weight excluding hydrogens is 433 g/mol. The Morgan fingerprint density at radius 1 is 1.10 bits per heavy atom. The summed E-state index contributed by atoms with van der Waals surface area (Å²) in [5.74, 6) is -0.468. The number of ether oxygens (including phenoxy) is 1. The maximum atomic E-state index is 13.3. The van der Waals surface area contributed by atoms with Gasteiger partial charge in [0.25, 0.3) is 0 Å². The van der Waals surface area contributed by atoms with Crippen LogP contribution in [-0.4, -0.2) is 33.8 Å². The first-order valence-corrected chi connectivity index (χ1v) is 11.5. The minimum absolute atomic E-state index is 0.223. The van der Waals surface area contributed by atoms with Crippen molar-refractivity contribution in [3.8, 4) is 0 Å². The third-order valence-corrected chi connectivity index (χ3v) is 5.90. The fourth-order valence-electron chi connectivity index (χ4n) is 3.62. The molecule has 31 heavy (non-hydrogen) atoms.